The van der Waals surface area contributed by atoms with Crippen LogP contribution in [-0.4, -0.2) is 6.21 Å². The minimum Gasteiger partial charge on any atom is -0.258 e. The molecule has 0 saturated carbocycles. The first-order valence-electron chi connectivity index (χ1n) is 1.42. The van der Waals surface area contributed by atoms with Crippen LogP contribution < -0.4 is 5.14 Å². The van der Waals surface area contributed by atoms with E-state index in [9.17, 15) is 0 Å². The van der Waals surface area contributed by atoms with Gasteiger partial charge in [-0.3, -0.25) is 5.14 Å². The molecule has 0 saturated heterocycles. The summed E-state index contributed by atoms with van der Waals surface area (Å²) in [5, 5.41) is 4.89. The fourth-order valence-electron chi connectivity index (χ4n) is 0.0782. The van der Waals surface area contributed by atoms with Crippen molar-refractivity contribution in [3.05, 3.63) is 12.7 Å². The van der Waals surface area contributed by atoms with Crippen molar-refractivity contribution in [2.24, 2.45) is 9.54 Å². The monoisotopic (exact) mass is 102 g/mol. The van der Waals surface area contributed by atoms with Crippen molar-refractivity contribution in [1.29, 1.82) is 0 Å². The van der Waals surface area contributed by atoms with E-state index in [2.05, 4.69) is 11.0 Å². The molecule has 0 aromatic heterocycles. The molecule has 0 heterocycles. The molecule has 3 heteroatoms. The molecule has 0 amide bonds. The summed E-state index contributed by atoms with van der Waals surface area (Å²) in [6.45, 7) is 3.38. The van der Waals surface area contributed by atoms with Gasteiger partial charge in [-0.15, -0.1) is 0 Å². The number of hydrogen-bond donors (Lipinski definition) is 1. The van der Waals surface area contributed by atoms with Crippen molar-refractivity contribution in [3.8, 4) is 0 Å². The summed E-state index contributed by atoms with van der Waals surface area (Å²) in [6.07, 6.45) is 3.10. The summed E-state index contributed by atoms with van der Waals surface area (Å²) < 4.78 is 3.54. The quantitative estimate of drug-likeness (QED) is 0.413. The molecule has 0 atom stereocenters. The van der Waals surface area contributed by atoms with E-state index in [4.69, 9.17) is 5.14 Å². The Labute approximate surface area is 41.4 Å². The van der Waals surface area contributed by atoms with E-state index in [1.54, 1.807) is 6.08 Å². The van der Waals surface area contributed by atoms with E-state index in [1.165, 1.54) is 6.21 Å². The van der Waals surface area contributed by atoms with Gasteiger partial charge in [-0.1, -0.05) is 12.7 Å². The summed E-state index contributed by atoms with van der Waals surface area (Å²) in [5.74, 6) is 0. The van der Waals surface area contributed by atoms with E-state index < -0.39 is 0 Å². The number of hydrogen-bond acceptors (Lipinski definition) is 3. The third kappa shape index (κ3) is 3.72. The van der Waals surface area contributed by atoms with Gasteiger partial charge >= 0.3 is 0 Å². The van der Waals surface area contributed by atoms with Crippen molar-refractivity contribution in [2.45, 2.75) is 0 Å². The molecular weight excluding hydrogens is 96.1 g/mol. The number of nitrogens with zero attached hydrogens (tertiary/aromatic N) is 1. The minimum atomic E-state index is 0.924. The summed E-state index contributed by atoms with van der Waals surface area (Å²) in [6, 6.07) is 0. The Morgan fingerprint density at radius 2 is 2.50 bits per heavy atom. The lowest BCUT2D eigenvalue weighted by atomic mass is 10.7. The maximum atomic E-state index is 4.89. The SMILES string of the molecule is C=CC=NSN. The normalized spacial score (nSPS) is 9.50. The fourth-order valence-corrected chi connectivity index (χ4v) is 0.235. The van der Waals surface area contributed by atoms with Gasteiger partial charge in [-0.25, -0.2) is 4.40 Å². The van der Waals surface area contributed by atoms with Crippen molar-refractivity contribution < 1.29 is 0 Å². The van der Waals surface area contributed by atoms with Crippen LogP contribution in [-0.2, 0) is 0 Å². The summed E-state index contributed by atoms with van der Waals surface area (Å²) >= 11 is 0.924. The van der Waals surface area contributed by atoms with E-state index in [1.807, 2.05) is 0 Å². The second-order valence-corrected chi connectivity index (χ2v) is 1.02. The van der Waals surface area contributed by atoms with Gasteiger partial charge in [0.25, 0.3) is 0 Å². The highest BCUT2D eigenvalue weighted by Crippen LogP contribution is 1.81. The summed E-state index contributed by atoms with van der Waals surface area (Å²) in [7, 11) is 0. The van der Waals surface area contributed by atoms with Crippen molar-refractivity contribution >= 4 is 18.3 Å². The van der Waals surface area contributed by atoms with Crippen LogP contribution in [0.3, 0.4) is 0 Å². The number of allylic oxidation sites excluding steroid dienone is 1. The molecule has 0 aliphatic carbocycles. The number of nitrogens with two attached hydrogens (primary N) is 1. The molecule has 0 radical (unpaired) electrons. The molecule has 2 nitrogen and oxygen atoms in total. The van der Waals surface area contributed by atoms with E-state index in [-0.39, 0.29) is 0 Å². The predicted molar refractivity (Wildman–Crippen MR) is 30.5 cm³/mol. The molecule has 0 spiro atoms. The molecule has 34 valence electrons. The molecule has 0 aromatic rings. The van der Waals surface area contributed by atoms with Gasteiger partial charge in [-0.05, 0) is 0 Å². The smallest absolute Gasteiger partial charge is 0.0555 e. The van der Waals surface area contributed by atoms with Gasteiger partial charge in [0.2, 0.25) is 0 Å². The Balaban J connectivity index is 2.94. The first kappa shape index (κ1) is 5.72. The number of rotatable bonds is 2. The van der Waals surface area contributed by atoms with Crippen molar-refractivity contribution in [1.82, 2.24) is 0 Å². The summed E-state index contributed by atoms with van der Waals surface area (Å²) in [4.78, 5) is 0. The van der Waals surface area contributed by atoms with Crippen molar-refractivity contribution in [3.63, 3.8) is 0 Å². The van der Waals surface area contributed by atoms with Gasteiger partial charge in [0.15, 0.2) is 0 Å². The Morgan fingerprint density at radius 1 is 1.83 bits per heavy atom. The van der Waals surface area contributed by atoms with Crippen LogP contribution >= 0.6 is 12.1 Å². The molecule has 0 fully saturated rings. The van der Waals surface area contributed by atoms with Gasteiger partial charge in [-0.2, -0.15) is 0 Å². The zero-order valence-corrected chi connectivity index (χ0v) is 4.11. The zero-order chi connectivity index (χ0) is 4.83. The zero-order valence-electron chi connectivity index (χ0n) is 3.29. The lowest BCUT2D eigenvalue weighted by molar-refractivity contribution is 1.89. The second-order valence-electron chi connectivity index (χ2n) is 0.596. The molecule has 0 bridgehead atoms. The van der Waals surface area contributed by atoms with Crippen LogP contribution in [0.15, 0.2) is 17.1 Å². The Kier molecular flexibility index (Phi) is 4.50. The van der Waals surface area contributed by atoms with Crippen molar-refractivity contribution in [2.75, 3.05) is 0 Å². The van der Waals surface area contributed by atoms with Gasteiger partial charge in [0.05, 0.1) is 12.1 Å². The predicted octanol–water partition coefficient (Wildman–Crippen LogP) is 0.765. The molecule has 0 aliphatic heterocycles. The minimum absolute atomic E-state index is 0.924. The average Bonchev–Trinajstić information content (AvgIpc) is 1.61. The molecule has 0 rings (SSSR count). The van der Waals surface area contributed by atoms with Gasteiger partial charge in [0, 0.05) is 6.21 Å². The van der Waals surface area contributed by atoms with E-state index in [0.717, 1.165) is 12.1 Å². The maximum Gasteiger partial charge on any atom is 0.0555 e. The summed E-state index contributed by atoms with van der Waals surface area (Å²) in [5.41, 5.74) is 0. The largest absolute Gasteiger partial charge is 0.258 e. The van der Waals surface area contributed by atoms with Crippen LogP contribution in [0.4, 0.5) is 0 Å². The van der Waals surface area contributed by atoms with Crippen LogP contribution in [0.5, 0.6) is 0 Å². The third-order valence-corrected chi connectivity index (χ3v) is 0.471. The van der Waals surface area contributed by atoms with Crippen LogP contribution in [0, 0.1) is 0 Å². The van der Waals surface area contributed by atoms with E-state index in [0.29, 0.717) is 0 Å². The molecule has 6 heavy (non-hydrogen) atoms. The second kappa shape index (κ2) is 4.72. The third-order valence-electron chi connectivity index (χ3n) is 0.227. The Bertz CT molecular complexity index is 59.8. The Hall–Kier alpha value is -0.280. The highest BCUT2D eigenvalue weighted by molar-refractivity contribution is 7.95. The molecule has 0 aromatic carbocycles. The highest BCUT2D eigenvalue weighted by Gasteiger charge is 1.55. The van der Waals surface area contributed by atoms with Gasteiger partial charge in [0.1, 0.15) is 0 Å². The first-order valence-corrected chi connectivity index (χ1v) is 2.25. The topological polar surface area (TPSA) is 38.4 Å². The average molecular weight is 102 g/mol. The first-order chi connectivity index (χ1) is 2.91. The molecule has 0 aliphatic rings. The molecule has 2 N–H and O–H groups in total. The lowest BCUT2D eigenvalue weighted by Gasteiger charge is -1.69. The lowest BCUT2D eigenvalue weighted by Crippen LogP contribution is -1.68. The van der Waals surface area contributed by atoms with E-state index >= 15 is 0 Å². The maximum absolute atomic E-state index is 4.89. The molecular formula is C3H6N2S. The van der Waals surface area contributed by atoms with Gasteiger partial charge < -0.3 is 0 Å². The molecule has 0 unspecified atom stereocenters. The fraction of sp³-hybridized carbons (Fsp3) is 0. The standard InChI is InChI=1S/C3H6N2S/c1-2-3-5-6-4/h2-3H,1,4H2. The Morgan fingerprint density at radius 3 is 2.67 bits per heavy atom. The van der Waals surface area contributed by atoms with Crippen LogP contribution in [0.25, 0.3) is 0 Å². The van der Waals surface area contributed by atoms with Crippen LogP contribution in [0.2, 0.25) is 0 Å². The highest BCUT2D eigenvalue weighted by atomic mass is 32.2. The van der Waals surface area contributed by atoms with Crippen LogP contribution in [0.1, 0.15) is 0 Å².